The molecule has 1 aromatic heterocycles. The highest BCUT2D eigenvalue weighted by atomic mass is 16.3. The van der Waals surface area contributed by atoms with E-state index in [9.17, 15) is 5.11 Å². The molecule has 2 atom stereocenters. The van der Waals surface area contributed by atoms with Crippen LogP contribution in [0.15, 0.2) is 18.6 Å². The van der Waals surface area contributed by atoms with Crippen molar-refractivity contribution in [1.29, 1.82) is 0 Å². The Morgan fingerprint density at radius 3 is 3.00 bits per heavy atom. The molecular weight excluding hydrogens is 176 g/mol. The maximum absolute atomic E-state index is 10.4. The smallest absolute Gasteiger partial charge is 0.108 e. The molecule has 0 amide bonds. The third kappa shape index (κ3) is 1.64. The third-order valence-corrected chi connectivity index (χ3v) is 3.21. The Hall–Kier alpha value is -0.960. The fourth-order valence-electron chi connectivity index (χ4n) is 2.25. The number of nitrogens with zero attached hydrogens (tertiary/aromatic N) is 2. The first-order chi connectivity index (χ1) is 6.74. The van der Waals surface area contributed by atoms with E-state index in [0.717, 1.165) is 31.4 Å². The minimum absolute atomic E-state index is 0.641. The van der Waals surface area contributed by atoms with Gasteiger partial charge >= 0.3 is 0 Å². The van der Waals surface area contributed by atoms with Crippen LogP contribution in [0.25, 0.3) is 0 Å². The fraction of sp³-hybridized carbons (Fsp3) is 0.636. The van der Waals surface area contributed by atoms with Crippen LogP contribution in [0.3, 0.4) is 0 Å². The third-order valence-electron chi connectivity index (χ3n) is 3.21. The summed E-state index contributed by atoms with van der Waals surface area (Å²) in [6.45, 7) is 2.17. The standard InChI is InChI=1S/C11H16N2O/c1-2-9-3-4-11(14,7-9)10-8-12-5-6-13-10/h5-6,8-9,14H,2-4,7H2,1H3. The molecule has 0 spiro atoms. The Morgan fingerprint density at radius 1 is 1.57 bits per heavy atom. The Balaban J connectivity index is 2.19. The lowest BCUT2D eigenvalue weighted by atomic mass is 9.96. The number of rotatable bonds is 2. The summed E-state index contributed by atoms with van der Waals surface area (Å²) >= 11 is 0. The highest BCUT2D eigenvalue weighted by molar-refractivity contribution is 5.10. The van der Waals surface area contributed by atoms with Crippen LogP contribution in [0, 0.1) is 5.92 Å². The van der Waals surface area contributed by atoms with Crippen molar-refractivity contribution in [1.82, 2.24) is 9.97 Å². The van der Waals surface area contributed by atoms with Gasteiger partial charge in [-0.3, -0.25) is 9.97 Å². The van der Waals surface area contributed by atoms with Gasteiger partial charge in [0.05, 0.1) is 11.9 Å². The van der Waals surface area contributed by atoms with Crippen molar-refractivity contribution in [3.63, 3.8) is 0 Å². The topological polar surface area (TPSA) is 46.0 Å². The van der Waals surface area contributed by atoms with E-state index < -0.39 is 5.60 Å². The molecule has 1 aromatic rings. The molecule has 2 unspecified atom stereocenters. The first kappa shape index (κ1) is 9.59. The van der Waals surface area contributed by atoms with Gasteiger partial charge < -0.3 is 5.11 Å². The van der Waals surface area contributed by atoms with Crippen molar-refractivity contribution < 1.29 is 5.11 Å². The van der Waals surface area contributed by atoms with E-state index in [2.05, 4.69) is 16.9 Å². The number of hydrogen-bond donors (Lipinski definition) is 1. The van der Waals surface area contributed by atoms with Crippen LogP contribution in [0.1, 0.15) is 38.3 Å². The lowest BCUT2D eigenvalue weighted by Gasteiger charge is -2.21. The van der Waals surface area contributed by atoms with Crippen molar-refractivity contribution in [2.75, 3.05) is 0 Å². The summed E-state index contributed by atoms with van der Waals surface area (Å²) in [6, 6.07) is 0. The lowest BCUT2D eigenvalue weighted by molar-refractivity contribution is 0.0349. The van der Waals surface area contributed by atoms with E-state index >= 15 is 0 Å². The zero-order valence-corrected chi connectivity index (χ0v) is 8.48. The predicted molar refractivity (Wildman–Crippen MR) is 53.6 cm³/mol. The van der Waals surface area contributed by atoms with Gasteiger partial charge in [0.15, 0.2) is 0 Å². The maximum atomic E-state index is 10.4. The lowest BCUT2D eigenvalue weighted by Crippen LogP contribution is -2.23. The largest absolute Gasteiger partial charge is 0.383 e. The minimum atomic E-state index is -0.713. The minimum Gasteiger partial charge on any atom is -0.383 e. The molecule has 76 valence electrons. The molecule has 14 heavy (non-hydrogen) atoms. The van der Waals surface area contributed by atoms with Gasteiger partial charge in [0.2, 0.25) is 0 Å². The molecule has 1 aliphatic rings. The van der Waals surface area contributed by atoms with Crippen molar-refractivity contribution in [3.05, 3.63) is 24.3 Å². The Kier molecular flexibility index (Phi) is 2.50. The second-order valence-electron chi connectivity index (χ2n) is 4.14. The summed E-state index contributed by atoms with van der Waals surface area (Å²) in [7, 11) is 0. The second-order valence-corrected chi connectivity index (χ2v) is 4.14. The zero-order valence-electron chi connectivity index (χ0n) is 8.48. The van der Waals surface area contributed by atoms with Crippen molar-refractivity contribution in [2.24, 2.45) is 5.92 Å². The summed E-state index contributed by atoms with van der Waals surface area (Å²) < 4.78 is 0. The van der Waals surface area contributed by atoms with Crippen LogP contribution in [0.2, 0.25) is 0 Å². The molecule has 1 fully saturated rings. The average molecular weight is 192 g/mol. The van der Waals surface area contributed by atoms with Crippen molar-refractivity contribution in [3.8, 4) is 0 Å². The Bertz CT molecular complexity index is 301. The second kappa shape index (κ2) is 3.65. The predicted octanol–water partition coefficient (Wildman–Crippen LogP) is 1.87. The highest BCUT2D eigenvalue weighted by Crippen LogP contribution is 2.42. The number of aromatic nitrogens is 2. The van der Waals surface area contributed by atoms with Crippen LogP contribution in [-0.2, 0) is 5.60 Å². The van der Waals surface area contributed by atoms with Crippen molar-refractivity contribution in [2.45, 2.75) is 38.2 Å². The highest BCUT2D eigenvalue weighted by Gasteiger charge is 2.39. The molecule has 3 nitrogen and oxygen atoms in total. The molecule has 1 saturated carbocycles. The molecule has 2 rings (SSSR count). The zero-order chi connectivity index (χ0) is 10.0. The summed E-state index contributed by atoms with van der Waals surface area (Å²) in [4.78, 5) is 8.19. The summed E-state index contributed by atoms with van der Waals surface area (Å²) in [5, 5.41) is 10.4. The maximum Gasteiger partial charge on any atom is 0.108 e. The molecule has 0 radical (unpaired) electrons. The van der Waals surface area contributed by atoms with Gasteiger partial charge in [-0.25, -0.2) is 0 Å². The average Bonchev–Trinajstić information content (AvgIpc) is 2.63. The molecule has 1 N–H and O–H groups in total. The number of hydrogen-bond acceptors (Lipinski definition) is 3. The van der Waals surface area contributed by atoms with Gasteiger partial charge in [0.1, 0.15) is 5.60 Å². The number of aliphatic hydroxyl groups is 1. The monoisotopic (exact) mass is 192 g/mol. The summed E-state index contributed by atoms with van der Waals surface area (Å²) in [5.74, 6) is 0.641. The van der Waals surface area contributed by atoms with E-state index in [0.29, 0.717) is 5.92 Å². The van der Waals surface area contributed by atoms with Crippen molar-refractivity contribution >= 4 is 0 Å². The van der Waals surface area contributed by atoms with Gasteiger partial charge in [-0.1, -0.05) is 13.3 Å². The summed E-state index contributed by atoms with van der Waals surface area (Å²) in [5.41, 5.74) is 0.0190. The SMILES string of the molecule is CCC1CCC(O)(c2cnccn2)C1. The van der Waals surface area contributed by atoms with Gasteiger partial charge in [-0.05, 0) is 25.2 Å². The molecule has 0 aliphatic heterocycles. The van der Waals surface area contributed by atoms with Gasteiger partial charge in [0, 0.05) is 12.4 Å². The first-order valence-electron chi connectivity index (χ1n) is 5.23. The van der Waals surface area contributed by atoms with Crippen LogP contribution in [0.4, 0.5) is 0 Å². The van der Waals surface area contributed by atoms with E-state index in [1.54, 1.807) is 18.6 Å². The Labute approximate surface area is 84.2 Å². The molecule has 1 heterocycles. The van der Waals surface area contributed by atoms with Crippen LogP contribution in [0.5, 0.6) is 0 Å². The van der Waals surface area contributed by atoms with Crippen LogP contribution < -0.4 is 0 Å². The van der Waals surface area contributed by atoms with Crippen LogP contribution in [-0.4, -0.2) is 15.1 Å². The molecule has 0 saturated heterocycles. The fourth-order valence-corrected chi connectivity index (χ4v) is 2.25. The van der Waals surface area contributed by atoms with Gasteiger partial charge in [-0.15, -0.1) is 0 Å². The quantitative estimate of drug-likeness (QED) is 0.778. The van der Waals surface area contributed by atoms with E-state index in [-0.39, 0.29) is 0 Å². The van der Waals surface area contributed by atoms with Crippen LogP contribution >= 0.6 is 0 Å². The van der Waals surface area contributed by atoms with E-state index in [1.165, 1.54) is 0 Å². The van der Waals surface area contributed by atoms with E-state index in [4.69, 9.17) is 0 Å². The molecule has 1 aliphatic carbocycles. The Morgan fingerprint density at radius 2 is 2.43 bits per heavy atom. The van der Waals surface area contributed by atoms with Gasteiger partial charge in [-0.2, -0.15) is 0 Å². The molecule has 0 aromatic carbocycles. The molecule has 3 heteroatoms. The van der Waals surface area contributed by atoms with Gasteiger partial charge in [0.25, 0.3) is 0 Å². The normalized spacial score (nSPS) is 32.0. The molecule has 0 bridgehead atoms. The summed E-state index contributed by atoms with van der Waals surface area (Å²) in [6.07, 6.45) is 8.86. The van der Waals surface area contributed by atoms with E-state index in [1.807, 2.05) is 0 Å². The molecular formula is C11H16N2O. The first-order valence-corrected chi connectivity index (χ1v) is 5.23.